The number of likely N-dealkylation sites (N-methyl/N-ethyl adjacent to an activating group) is 1. The van der Waals surface area contributed by atoms with Gasteiger partial charge in [-0.1, -0.05) is 20.4 Å². The molecule has 0 aromatic carbocycles. The lowest BCUT2D eigenvalue weighted by molar-refractivity contribution is -0.140. The fourth-order valence-corrected chi connectivity index (χ4v) is 1.24. The van der Waals surface area contributed by atoms with Crippen LogP contribution in [-0.2, 0) is 9.63 Å². The summed E-state index contributed by atoms with van der Waals surface area (Å²) in [5, 5.41) is 0. The second kappa shape index (κ2) is 5.72. The van der Waals surface area contributed by atoms with E-state index in [4.69, 9.17) is 5.90 Å². The lowest BCUT2D eigenvalue weighted by atomic mass is 10.1. The van der Waals surface area contributed by atoms with Crippen molar-refractivity contribution in [3.8, 4) is 0 Å². The fraction of sp³-hybridized carbons (Fsp3) is 0.667. The van der Waals surface area contributed by atoms with Crippen molar-refractivity contribution in [1.82, 2.24) is 4.90 Å². The number of nitrogens with two attached hydrogens (primary N) is 1. The van der Waals surface area contributed by atoms with Crippen LogP contribution in [0.15, 0.2) is 12.2 Å². The summed E-state index contributed by atoms with van der Waals surface area (Å²) >= 11 is 0. The average Bonchev–Trinajstić information content (AvgIpc) is 2.17. The predicted molar refractivity (Wildman–Crippen MR) is 51.8 cm³/mol. The molecule has 4 heteroatoms. The van der Waals surface area contributed by atoms with Gasteiger partial charge in [0.05, 0.1) is 0 Å². The van der Waals surface area contributed by atoms with Crippen molar-refractivity contribution in [3.05, 3.63) is 12.2 Å². The van der Waals surface area contributed by atoms with Gasteiger partial charge in [0.2, 0.25) is 0 Å². The van der Waals surface area contributed by atoms with Crippen LogP contribution in [0.25, 0.3) is 0 Å². The van der Waals surface area contributed by atoms with Crippen molar-refractivity contribution >= 4 is 5.97 Å². The van der Waals surface area contributed by atoms with Crippen molar-refractivity contribution in [3.63, 3.8) is 0 Å². The second-order valence-electron chi connectivity index (χ2n) is 2.83. The Morgan fingerprint density at radius 1 is 1.54 bits per heavy atom. The van der Waals surface area contributed by atoms with Gasteiger partial charge < -0.3 is 4.84 Å². The number of hydrogen-bond acceptors (Lipinski definition) is 4. The number of carbonyl (C=O) groups excluding carboxylic acids is 1. The maximum atomic E-state index is 11.0. The first-order chi connectivity index (χ1) is 6.08. The zero-order valence-corrected chi connectivity index (χ0v) is 8.54. The Labute approximate surface area is 79.3 Å². The predicted octanol–water partition coefficient (Wildman–Crippen LogP) is 0.690. The van der Waals surface area contributed by atoms with Gasteiger partial charge in [-0.05, 0) is 20.0 Å². The molecule has 0 aliphatic rings. The number of carbonyl (C=O) groups is 1. The first kappa shape index (κ1) is 12.1. The van der Waals surface area contributed by atoms with Crippen LogP contribution in [0, 0.1) is 0 Å². The van der Waals surface area contributed by atoms with Crippen LogP contribution >= 0.6 is 0 Å². The Morgan fingerprint density at radius 2 is 2.00 bits per heavy atom. The quantitative estimate of drug-likeness (QED) is 0.507. The molecule has 0 amide bonds. The third-order valence-corrected chi connectivity index (χ3v) is 2.23. The van der Waals surface area contributed by atoms with Gasteiger partial charge in [-0.15, -0.1) is 0 Å². The van der Waals surface area contributed by atoms with Crippen LogP contribution in [0.5, 0.6) is 0 Å². The summed E-state index contributed by atoms with van der Waals surface area (Å²) in [4.78, 5) is 17.2. The van der Waals surface area contributed by atoms with Crippen LogP contribution in [-0.4, -0.2) is 30.0 Å². The molecule has 0 rings (SSSR count). The van der Waals surface area contributed by atoms with Gasteiger partial charge in [0, 0.05) is 11.6 Å². The molecule has 76 valence electrons. The van der Waals surface area contributed by atoms with E-state index in [-0.39, 0.29) is 6.04 Å². The third-order valence-electron chi connectivity index (χ3n) is 2.23. The Bertz CT molecular complexity index is 188. The molecule has 4 nitrogen and oxygen atoms in total. The molecule has 0 aliphatic carbocycles. The van der Waals surface area contributed by atoms with Crippen molar-refractivity contribution in [2.75, 3.05) is 13.1 Å². The molecule has 13 heavy (non-hydrogen) atoms. The third kappa shape index (κ3) is 3.16. The molecule has 0 heterocycles. The molecule has 0 saturated heterocycles. The second-order valence-corrected chi connectivity index (χ2v) is 2.83. The molecular formula is C9H18N2O2. The summed E-state index contributed by atoms with van der Waals surface area (Å²) in [6.45, 7) is 11.4. The van der Waals surface area contributed by atoms with E-state index in [1.54, 1.807) is 0 Å². The number of hydrogen-bond donors (Lipinski definition) is 1. The smallest absolute Gasteiger partial charge is 0.353 e. The van der Waals surface area contributed by atoms with Crippen molar-refractivity contribution in [2.24, 2.45) is 5.90 Å². The van der Waals surface area contributed by atoms with Gasteiger partial charge >= 0.3 is 5.97 Å². The largest absolute Gasteiger partial charge is 0.370 e. The van der Waals surface area contributed by atoms with Gasteiger partial charge in [0.15, 0.2) is 0 Å². The minimum Gasteiger partial charge on any atom is -0.370 e. The molecule has 0 fully saturated rings. The first-order valence-corrected chi connectivity index (χ1v) is 4.42. The van der Waals surface area contributed by atoms with E-state index in [2.05, 4.69) is 16.3 Å². The average molecular weight is 186 g/mol. The molecule has 0 spiro atoms. The number of rotatable bonds is 5. The normalized spacial score (nSPS) is 12.7. The van der Waals surface area contributed by atoms with Crippen LogP contribution in [0.3, 0.4) is 0 Å². The Kier molecular flexibility index (Phi) is 5.34. The van der Waals surface area contributed by atoms with Gasteiger partial charge in [0.1, 0.15) is 0 Å². The van der Waals surface area contributed by atoms with Gasteiger partial charge in [-0.2, -0.15) is 5.90 Å². The Morgan fingerprint density at radius 3 is 2.31 bits per heavy atom. The van der Waals surface area contributed by atoms with E-state index in [9.17, 15) is 4.79 Å². The summed E-state index contributed by atoms with van der Waals surface area (Å²) in [5.41, 5.74) is 0.395. The van der Waals surface area contributed by atoms with Crippen LogP contribution < -0.4 is 5.90 Å². The lowest BCUT2D eigenvalue weighted by Gasteiger charge is -2.26. The summed E-state index contributed by atoms with van der Waals surface area (Å²) in [6, 6.07) is -0.0222. The standard InChI is InChI=1S/C9H18N2O2/c1-5-11(6-2)8(4)7(3)9(12)13-10/h8H,3,5-6,10H2,1-2,4H3. The first-order valence-electron chi connectivity index (χ1n) is 4.42. The highest BCUT2D eigenvalue weighted by Gasteiger charge is 2.19. The van der Waals surface area contributed by atoms with Crippen molar-refractivity contribution < 1.29 is 9.63 Å². The van der Waals surface area contributed by atoms with Crippen LogP contribution in [0.2, 0.25) is 0 Å². The van der Waals surface area contributed by atoms with E-state index in [1.807, 2.05) is 20.8 Å². The molecule has 0 radical (unpaired) electrons. The molecule has 1 unspecified atom stereocenters. The molecule has 0 aromatic rings. The van der Waals surface area contributed by atoms with Crippen molar-refractivity contribution in [2.45, 2.75) is 26.8 Å². The van der Waals surface area contributed by atoms with Crippen LogP contribution in [0.1, 0.15) is 20.8 Å². The molecular weight excluding hydrogens is 168 g/mol. The van der Waals surface area contributed by atoms with Gasteiger partial charge in [-0.3, -0.25) is 4.90 Å². The zero-order chi connectivity index (χ0) is 10.4. The molecule has 0 bridgehead atoms. The molecule has 0 aliphatic heterocycles. The summed E-state index contributed by atoms with van der Waals surface area (Å²) in [6.07, 6.45) is 0. The summed E-state index contributed by atoms with van der Waals surface area (Å²) in [5.74, 6) is 4.22. The molecule has 0 saturated carbocycles. The Hall–Kier alpha value is -0.870. The molecule has 1 atom stereocenters. The maximum absolute atomic E-state index is 11.0. The van der Waals surface area contributed by atoms with E-state index in [0.717, 1.165) is 13.1 Å². The summed E-state index contributed by atoms with van der Waals surface area (Å²) in [7, 11) is 0. The summed E-state index contributed by atoms with van der Waals surface area (Å²) < 4.78 is 0. The van der Waals surface area contributed by atoms with Gasteiger partial charge in [-0.25, -0.2) is 4.79 Å². The molecule has 2 N–H and O–H groups in total. The van der Waals surface area contributed by atoms with E-state index < -0.39 is 5.97 Å². The highest BCUT2D eigenvalue weighted by atomic mass is 16.7. The zero-order valence-electron chi connectivity index (χ0n) is 8.54. The van der Waals surface area contributed by atoms with Crippen LogP contribution in [0.4, 0.5) is 0 Å². The van der Waals surface area contributed by atoms with Crippen molar-refractivity contribution in [1.29, 1.82) is 0 Å². The topological polar surface area (TPSA) is 55.6 Å². The fourth-order valence-electron chi connectivity index (χ4n) is 1.24. The number of nitrogens with zero attached hydrogens (tertiary/aromatic N) is 1. The van der Waals surface area contributed by atoms with E-state index in [1.165, 1.54) is 0 Å². The van der Waals surface area contributed by atoms with E-state index >= 15 is 0 Å². The minimum absolute atomic E-state index is 0.0222. The highest BCUT2D eigenvalue weighted by Crippen LogP contribution is 2.08. The lowest BCUT2D eigenvalue weighted by Crippen LogP contribution is -2.36. The molecule has 0 aromatic heterocycles. The Balaban J connectivity index is 4.31. The van der Waals surface area contributed by atoms with E-state index in [0.29, 0.717) is 5.57 Å². The van der Waals surface area contributed by atoms with Gasteiger partial charge in [0.25, 0.3) is 0 Å². The highest BCUT2D eigenvalue weighted by molar-refractivity contribution is 5.88. The maximum Gasteiger partial charge on any atom is 0.353 e. The SMILES string of the molecule is C=C(C(=O)ON)C(C)N(CC)CC. The minimum atomic E-state index is -0.542. The monoisotopic (exact) mass is 186 g/mol.